The van der Waals surface area contributed by atoms with Crippen molar-refractivity contribution >= 4 is 27.5 Å². The fourth-order valence-corrected chi connectivity index (χ4v) is 7.89. The number of fused-ring (bicyclic) bond motifs is 4. The van der Waals surface area contributed by atoms with Crippen molar-refractivity contribution in [2.45, 2.75) is 56.3 Å². The minimum atomic E-state index is -0.919. The molecular weight excluding hydrogens is 583 g/mol. The van der Waals surface area contributed by atoms with Crippen LogP contribution in [0, 0.1) is 24.0 Å². The Morgan fingerprint density at radius 3 is 2.89 bits per heavy atom. The first-order valence-electron chi connectivity index (χ1n) is 15.5. The van der Waals surface area contributed by atoms with E-state index in [1.165, 1.54) is 24.3 Å². The highest BCUT2D eigenvalue weighted by Gasteiger charge is 2.49. The highest BCUT2D eigenvalue weighted by molar-refractivity contribution is 6.03. The van der Waals surface area contributed by atoms with E-state index in [0.717, 1.165) is 25.8 Å². The summed E-state index contributed by atoms with van der Waals surface area (Å²) in [4.78, 5) is 18.6. The Balaban J connectivity index is 1.33. The third-order valence-corrected chi connectivity index (χ3v) is 9.93. The number of hydrogen-bond donors (Lipinski definition) is 1. The average Bonchev–Trinajstić information content (AvgIpc) is 3.38. The van der Waals surface area contributed by atoms with Gasteiger partial charge in [0.05, 0.1) is 34.8 Å². The lowest BCUT2D eigenvalue weighted by Gasteiger charge is -2.31. The Hall–Kier alpha value is -4.14. The van der Waals surface area contributed by atoms with Crippen LogP contribution in [0.5, 0.6) is 11.8 Å². The number of pyridine rings is 1. The molecule has 0 saturated carbocycles. The van der Waals surface area contributed by atoms with Gasteiger partial charge in [0.15, 0.2) is 5.82 Å². The van der Waals surface area contributed by atoms with Crippen molar-refractivity contribution in [3.05, 3.63) is 47.2 Å². The summed E-state index contributed by atoms with van der Waals surface area (Å²) in [6.45, 7) is 3.15. The predicted octanol–water partition coefficient (Wildman–Crippen LogP) is 5.31. The standard InChI is InChI=1S/C34H32F3N5O3/c1-2-23-25(36)7-5-19-13-22(43)14-24(27(19)23)30-29(37)31-28-26(38-30)8-6-21-17-44-12-4-11-42(21)32(28)40-33(39-31)45-18-34-9-3-10-41(34)16-20(35)15-34/h1,5,7,13-14,20-21,43H,3-4,6,8-12,15-18H2/t20-,21+,34+/m1/s1. The van der Waals surface area contributed by atoms with Gasteiger partial charge < -0.3 is 19.5 Å². The summed E-state index contributed by atoms with van der Waals surface area (Å²) < 4.78 is 58.5. The Kier molecular flexibility index (Phi) is 6.76. The molecule has 4 aliphatic rings. The Morgan fingerprint density at radius 2 is 2.02 bits per heavy atom. The summed E-state index contributed by atoms with van der Waals surface area (Å²) in [6, 6.07) is 5.51. The number of aromatic nitrogens is 3. The van der Waals surface area contributed by atoms with E-state index in [1.807, 2.05) is 0 Å². The van der Waals surface area contributed by atoms with Gasteiger partial charge in [0.25, 0.3) is 0 Å². The molecule has 8 nitrogen and oxygen atoms in total. The Morgan fingerprint density at radius 1 is 1.13 bits per heavy atom. The van der Waals surface area contributed by atoms with Crippen molar-refractivity contribution in [3.63, 3.8) is 0 Å². The number of rotatable bonds is 4. The number of terminal acetylenes is 1. The number of phenols is 1. The maximum Gasteiger partial charge on any atom is 0.319 e. The number of alkyl halides is 1. The van der Waals surface area contributed by atoms with Crippen LogP contribution in [0.3, 0.4) is 0 Å². The van der Waals surface area contributed by atoms with Crippen LogP contribution in [0.2, 0.25) is 0 Å². The van der Waals surface area contributed by atoms with Crippen LogP contribution in [0.1, 0.15) is 43.4 Å². The van der Waals surface area contributed by atoms with Crippen LogP contribution >= 0.6 is 0 Å². The number of nitrogens with zero attached hydrogens (tertiary/aromatic N) is 5. The van der Waals surface area contributed by atoms with E-state index in [2.05, 4.69) is 20.7 Å². The molecule has 4 aliphatic heterocycles. The molecule has 232 valence electrons. The fourth-order valence-electron chi connectivity index (χ4n) is 7.89. The van der Waals surface area contributed by atoms with E-state index < -0.39 is 23.3 Å². The molecule has 2 aromatic heterocycles. The zero-order valence-corrected chi connectivity index (χ0v) is 24.7. The van der Waals surface area contributed by atoms with Gasteiger partial charge in [0.1, 0.15) is 41.4 Å². The van der Waals surface area contributed by atoms with E-state index in [9.17, 15) is 13.9 Å². The molecule has 1 N–H and O–H groups in total. The highest BCUT2D eigenvalue weighted by Crippen LogP contribution is 2.43. The molecule has 2 aromatic carbocycles. The minimum absolute atomic E-state index is 0.00461. The lowest BCUT2D eigenvalue weighted by molar-refractivity contribution is 0.107. The van der Waals surface area contributed by atoms with E-state index >= 15 is 4.39 Å². The van der Waals surface area contributed by atoms with Crippen molar-refractivity contribution in [1.82, 2.24) is 19.9 Å². The smallest absolute Gasteiger partial charge is 0.319 e. The van der Waals surface area contributed by atoms with Gasteiger partial charge in [0.2, 0.25) is 0 Å². The van der Waals surface area contributed by atoms with E-state index in [-0.39, 0.29) is 52.1 Å². The highest BCUT2D eigenvalue weighted by atomic mass is 19.1. The summed E-state index contributed by atoms with van der Waals surface area (Å²) >= 11 is 0. The first-order chi connectivity index (χ1) is 21.8. The second kappa shape index (κ2) is 10.7. The van der Waals surface area contributed by atoms with Crippen LogP contribution in [0.15, 0.2) is 24.3 Å². The normalized spacial score (nSPS) is 24.7. The molecule has 8 rings (SSSR count). The Bertz CT molecular complexity index is 1900. The fraction of sp³-hybridized carbons (Fsp3) is 0.441. The number of aryl methyl sites for hydroxylation is 1. The molecule has 4 aromatic rings. The van der Waals surface area contributed by atoms with Crippen molar-refractivity contribution in [2.24, 2.45) is 0 Å². The van der Waals surface area contributed by atoms with Gasteiger partial charge in [-0.15, -0.1) is 6.42 Å². The summed E-state index contributed by atoms with van der Waals surface area (Å²) in [5.74, 6) is 1.40. The molecule has 0 unspecified atom stereocenters. The van der Waals surface area contributed by atoms with Crippen LogP contribution in [0.4, 0.5) is 19.0 Å². The number of benzene rings is 2. The number of phenolic OH excluding ortho intramolecular Hbond substituents is 1. The number of aromatic hydroxyl groups is 1. The zero-order chi connectivity index (χ0) is 30.9. The lowest BCUT2D eigenvalue weighted by Crippen LogP contribution is -2.43. The van der Waals surface area contributed by atoms with Gasteiger partial charge in [0, 0.05) is 37.1 Å². The van der Waals surface area contributed by atoms with Crippen LogP contribution in [-0.4, -0.2) is 82.2 Å². The van der Waals surface area contributed by atoms with Crippen LogP contribution in [0.25, 0.3) is 32.9 Å². The number of anilines is 1. The van der Waals surface area contributed by atoms with Crippen LogP contribution < -0.4 is 9.64 Å². The van der Waals surface area contributed by atoms with Gasteiger partial charge in [-0.3, -0.25) is 4.90 Å². The molecule has 0 amide bonds. The first kappa shape index (κ1) is 28.3. The molecule has 11 heteroatoms. The molecular formula is C34H32F3N5O3. The van der Waals surface area contributed by atoms with Gasteiger partial charge in [-0.25, -0.2) is 18.2 Å². The number of halogens is 3. The molecule has 3 atom stereocenters. The third kappa shape index (κ3) is 4.57. The Labute approximate surface area is 258 Å². The quantitative estimate of drug-likeness (QED) is 0.310. The van der Waals surface area contributed by atoms with Gasteiger partial charge in [-0.05, 0) is 62.2 Å². The van der Waals surface area contributed by atoms with Crippen molar-refractivity contribution < 1.29 is 27.8 Å². The molecule has 3 saturated heterocycles. The molecule has 0 aliphatic carbocycles. The van der Waals surface area contributed by atoms with E-state index in [0.29, 0.717) is 67.8 Å². The van der Waals surface area contributed by atoms with E-state index in [1.54, 1.807) is 0 Å². The maximum atomic E-state index is 17.0. The first-order valence-corrected chi connectivity index (χ1v) is 15.5. The molecule has 0 spiro atoms. The number of ether oxygens (including phenoxy) is 2. The van der Waals surface area contributed by atoms with Crippen LogP contribution in [-0.2, 0) is 11.2 Å². The zero-order valence-electron chi connectivity index (χ0n) is 24.7. The molecule has 3 fully saturated rings. The second-order valence-electron chi connectivity index (χ2n) is 12.6. The predicted molar refractivity (Wildman–Crippen MR) is 163 cm³/mol. The average molecular weight is 616 g/mol. The lowest BCUT2D eigenvalue weighted by atomic mass is 9.95. The minimum Gasteiger partial charge on any atom is -0.508 e. The third-order valence-electron chi connectivity index (χ3n) is 9.93. The molecule has 45 heavy (non-hydrogen) atoms. The molecule has 6 heterocycles. The molecule has 0 radical (unpaired) electrons. The summed E-state index contributed by atoms with van der Waals surface area (Å²) in [5, 5.41) is 11.8. The van der Waals surface area contributed by atoms with Crippen molar-refractivity contribution in [2.75, 3.05) is 44.4 Å². The summed E-state index contributed by atoms with van der Waals surface area (Å²) in [6.07, 6.45) is 8.89. The second-order valence-corrected chi connectivity index (χ2v) is 12.6. The number of hydrogen-bond acceptors (Lipinski definition) is 8. The summed E-state index contributed by atoms with van der Waals surface area (Å²) in [7, 11) is 0. The van der Waals surface area contributed by atoms with Crippen molar-refractivity contribution in [1.29, 1.82) is 0 Å². The van der Waals surface area contributed by atoms with Gasteiger partial charge in [-0.2, -0.15) is 9.97 Å². The van der Waals surface area contributed by atoms with Crippen molar-refractivity contribution in [3.8, 4) is 35.4 Å². The summed E-state index contributed by atoms with van der Waals surface area (Å²) in [5.41, 5.74) is 0.193. The molecule has 0 bridgehead atoms. The van der Waals surface area contributed by atoms with Gasteiger partial charge >= 0.3 is 6.01 Å². The largest absolute Gasteiger partial charge is 0.508 e. The van der Waals surface area contributed by atoms with E-state index in [4.69, 9.17) is 25.9 Å². The van der Waals surface area contributed by atoms with Gasteiger partial charge in [-0.1, -0.05) is 12.0 Å². The SMILES string of the molecule is C#Cc1c(F)ccc2cc(O)cc(-c3nc4c5c(nc(OC[C@@]67CCCN6C[C@H](F)C7)nc5c3F)N3CCCOC[C@@H]3CC4)c12. The topological polar surface area (TPSA) is 83.8 Å². The maximum absolute atomic E-state index is 17.0. The monoisotopic (exact) mass is 615 g/mol.